The first-order valence-corrected chi connectivity index (χ1v) is 9.31. The average Bonchev–Trinajstić information content (AvgIpc) is 2.98. The van der Waals surface area contributed by atoms with E-state index in [0.717, 1.165) is 6.07 Å². The van der Waals surface area contributed by atoms with E-state index in [4.69, 9.17) is 0 Å². The van der Waals surface area contributed by atoms with Crippen LogP contribution in [-0.2, 0) is 10.2 Å². The topological polar surface area (TPSA) is 69.6 Å². The zero-order chi connectivity index (χ0) is 21.0. The Morgan fingerprint density at radius 3 is 2.21 bits per heavy atom. The molecular weight excluding hydrogens is 389 g/mol. The molecule has 0 saturated heterocycles. The van der Waals surface area contributed by atoms with Crippen LogP contribution in [-0.4, -0.2) is 29.0 Å². The number of halogens is 4. The van der Waals surface area contributed by atoms with E-state index in [-0.39, 0.29) is 29.6 Å². The lowest BCUT2D eigenvalue weighted by Gasteiger charge is -2.40. The Morgan fingerprint density at radius 2 is 1.62 bits per heavy atom. The Hall–Kier alpha value is -2.39. The van der Waals surface area contributed by atoms with Crippen LogP contribution in [0.5, 0.6) is 0 Å². The number of carbonyl (C=O) groups is 1. The van der Waals surface area contributed by atoms with Gasteiger partial charge in [0.05, 0.1) is 5.69 Å². The molecule has 1 aliphatic carbocycles. The van der Waals surface area contributed by atoms with Gasteiger partial charge in [0.2, 0.25) is 11.8 Å². The van der Waals surface area contributed by atoms with Crippen molar-refractivity contribution in [3.63, 3.8) is 0 Å². The number of carbonyl (C=O) groups excluding carboxylic acids is 1. The van der Waals surface area contributed by atoms with Crippen molar-refractivity contribution < 1.29 is 32.4 Å². The number of alkyl halides is 2. The first kappa shape index (κ1) is 19.9. The highest BCUT2D eigenvalue weighted by Gasteiger charge is 2.56. The van der Waals surface area contributed by atoms with E-state index in [1.807, 2.05) is 0 Å². The summed E-state index contributed by atoms with van der Waals surface area (Å²) in [6.45, 7) is 0. The molecule has 3 N–H and O–H groups in total. The molecule has 4 nitrogen and oxygen atoms in total. The summed E-state index contributed by atoms with van der Waals surface area (Å²) in [5.41, 5.74) is -0.964. The minimum atomic E-state index is -2.82. The van der Waals surface area contributed by atoms with Gasteiger partial charge in [-0.3, -0.25) is 4.79 Å². The van der Waals surface area contributed by atoms with E-state index in [2.05, 4.69) is 5.32 Å². The molecule has 2 aromatic carbocycles. The maximum absolute atomic E-state index is 14.4. The van der Waals surface area contributed by atoms with Gasteiger partial charge in [-0.2, -0.15) is 0 Å². The molecule has 1 aliphatic heterocycles. The molecule has 152 valence electrons. The molecule has 1 atom stereocenters. The van der Waals surface area contributed by atoms with E-state index < -0.39 is 54.8 Å². The minimum Gasteiger partial charge on any atom is -0.423 e. The second-order valence-corrected chi connectivity index (χ2v) is 7.67. The fourth-order valence-electron chi connectivity index (χ4n) is 4.65. The molecule has 29 heavy (non-hydrogen) atoms. The predicted octanol–water partition coefficient (Wildman–Crippen LogP) is 2.71. The second kappa shape index (κ2) is 6.85. The molecule has 1 unspecified atom stereocenters. The summed E-state index contributed by atoms with van der Waals surface area (Å²) in [6, 6.07) is 8.04. The Bertz CT molecular complexity index is 957. The number of hydrogen-bond acceptors (Lipinski definition) is 3. The van der Waals surface area contributed by atoms with Crippen LogP contribution in [0.15, 0.2) is 36.4 Å². The normalized spacial score (nSPS) is 23.6. The molecule has 9 heteroatoms. The summed E-state index contributed by atoms with van der Waals surface area (Å²) in [5, 5.41) is 21.1. The quantitative estimate of drug-likeness (QED) is 0.542. The fourth-order valence-corrected chi connectivity index (χ4v) is 4.65. The van der Waals surface area contributed by atoms with Crippen LogP contribution in [0.25, 0.3) is 0 Å². The van der Waals surface area contributed by atoms with Crippen LogP contribution in [0, 0.1) is 17.6 Å². The summed E-state index contributed by atoms with van der Waals surface area (Å²) in [6.07, 6.45) is -0.745. The molecule has 1 fully saturated rings. The molecule has 2 aromatic rings. The first-order chi connectivity index (χ1) is 13.7. The highest BCUT2D eigenvalue weighted by molar-refractivity contribution is 6.58. The van der Waals surface area contributed by atoms with Crippen molar-refractivity contribution in [3.8, 4) is 0 Å². The zero-order valence-electron chi connectivity index (χ0n) is 15.3. The molecule has 4 rings (SSSR count). The van der Waals surface area contributed by atoms with Crippen molar-refractivity contribution in [2.75, 3.05) is 5.32 Å². The molecular formula is C20H18BF4NO3. The van der Waals surface area contributed by atoms with Gasteiger partial charge in [-0.15, -0.1) is 0 Å². The van der Waals surface area contributed by atoms with E-state index >= 15 is 0 Å². The standard InChI is InChI=1S/C20H18BF4NO3/c22-15-6-5-14-17(16(15)23)26-18(27)20(14,12-7-9-19(24,25)10-8-12)11-1-3-13(4-2-11)21(28)29/h1-6,12,28-29H,7-10H2,(H,26,27). The average molecular weight is 407 g/mol. The Balaban J connectivity index is 1.90. The largest absolute Gasteiger partial charge is 0.488 e. The molecule has 1 saturated carbocycles. The van der Waals surface area contributed by atoms with Gasteiger partial charge in [-0.1, -0.05) is 30.3 Å². The van der Waals surface area contributed by atoms with Gasteiger partial charge in [0.25, 0.3) is 0 Å². The van der Waals surface area contributed by atoms with Crippen LogP contribution >= 0.6 is 0 Å². The van der Waals surface area contributed by atoms with Crippen molar-refractivity contribution in [2.24, 2.45) is 5.92 Å². The maximum Gasteiger partial charge on any atom is 0.488 e. The Kier molecular flexibility index (Phi) is 4.70. The van der Waals surface area contributed by atoms with Crippen LogP contribution in [0.2, 0.25) is 0 Å². The number of nitrogens with one attached hydrogen (secondary N) is 1. The van der Waals surface area contributed by atoms with E-state index in [1.54, 1.807) is 0 Å². The third-order valence-corrected chi connectivity index (χ3v) is 6.11. The smallest absolute Gasteiger partial charge is 0.423 e. The zero-order valence-corrected chi connectivity index (χ0v) is 15.3. The molecule has 0 radical (unpaired) electrons. The van der Waals surface area contributed by atoms with E-state index in [0.29, 0.717) is 5.56 Å². The molecule has 0 spiro atoms. The van der Waals surface area contributed by atoms with Crippen molar-refractivity contribution in [1.82, 2.24) is 0 Å². The number of fused-ring (bicyclic) bond motifs is 1. The monoisotopic (exact) mass is 407 g/mol. The van der Waals surface area contributed by atoms with Crippen LogP contribution < -0.4 is 10.8 Å². The third kappa shape index (κ3) is 3.03. The van der Waals surface area contributed by atoms with Gasteiger partial charge < -0.3 is 15.4 Å². The predicted molar refractivity (Wildman–Crippen MR) is 98.9 cm³/mol. The summed E-state index contributed by atoms with van der Waals surface area (Å²) in [5.74, 6) is -6.30. The highest BCUT2D eigenvalue weighted by Crippen LogP contribution is 2.54. The van der Waals surface area contributed by atoms with Crippen molar-refractivity contribution >= 4 is 24.2 Å². The van der Waals surface area contributed by atoms with Gasteiger partial charge in [0.15, 0.2) is 11.6 Å². The van der Waals surface area contributed by atoms with Gasteiger partial charge >= 0.3 is 7.12 Å². The molecule has 0 aromatic heterocycles. The molecule has 1 amide bonds. The Morgan fingerprint density at radius 1 is 1.00 bits per heavy atom. The number of hydrogen-bond donors (Lipinski definition) is 3. The fraction of sp³-hybridized carbons (Fsp3) is 0.350. The number of amides is 1. The molecule has 2 aliphatic rings. The number of anilines is 1. The van der Waals surface area contributed by atoms with Gasteiger partial charge in [0, 0.05) is 12.8 Å². The summed E-state index contributed by atoms with van der Waals surface area (Å²) in [7, 11) is -1.72. The molecule has 1 heterocycles. The Labute approximate surface area is 164 Å². The maximum atomic E-state index is 14.4. The minimum absolute atomic E-state index is 0.0310. The lowest BCUT2D eigenvalue weighted by atomic mass is 9.61. The van der Waals surface area contributed by atoms with Crippen molar-refractivity contribution in [3.05, 3.63) is 59.2 Å². The number of benzene rings is 2. The van der Waals surface area contributed by atoms with Crippen LogP contribution in [0.3, 0.4) is 0 Å². The van der Waals surface area contributed by atoms with Gasteiger partial charge in [0.1, 0.15) is 5.41 Å². The SMILES string of the molecule is O=C1Nc2c(ccc(F)c2F)C1(c1ccc(B(O)O)cc1)C1CCC(F)(F)CC1. The van der Waals surface area contributed by atoms with E-state index in [9.17, 15) is 32.4 Å². The summed E-state index contributed by atoms with van der Waals surface area (Å²) in [4.78, 5) is 13.2. The number of rotatable bonds is 3. The lowest BCUT2D eigenvalue weighted by molar-refractivity contribution is -0.123. The van der Waals surface area contributed by atoms with E-state index in [1.165, 1.54) is 30.3 Å². The summed E-state index contributed by atoms with van der Waals surface area (Å²) >= 11 is 0. The third-order valence-electron chi connectivity index (χ3n) is 6.11. The molecule has 0 bridgehead atoms. The van der Waals surface area contributed by atoms with Gasteiger partial charge in [-0.25, -0.2) is 17.6 Å². The second-order valence-electron chi connectivity index (χ2n) is 7.67. The summed E-state index contributed by atoms with van der Waals surface area (Å²) < 4.78 is 55.7. The highest BCUT2D eigenvalue weighted by atomic mass is 19.3. The lowest BCUT2D eigenvalue weighted by Crippen LogP contribution is -2.46. The van der Waals surface area contributed by atoms with Crippen LogP contribution in [0.4, 0.5) is 23.2 Å². The first-order valence-electron chi connectivity index (χ1n) is 9.31. The van der Waals surface area contributed by atoms with Gasteiger partial charge in [-0.05, 0) is 41.4 Å². The van der Waals surface area contributed by atoms with Crippen LogP contribution in [0.1, 0.15) is 36.8 Å². The van der Waals surface area contributed by atoms with Crippen molar-refractivity contribution in [2.45, 2.75) is 37.0 Å². The van der Waals surface area contributed by atoms with Crippen molar-refractivity contribution in [1.29, 1.82) is 0 Å².